The van der Waals surface area contributed by atoms with Crippen molar-refractivity contribution >= 4 is 6.03 Å². The third kappa shape index (κ3) is 3.24. The average molecular weight is 338 g/mol. The molecule has 1 aliphatic heterocycles. The lowest BCUT2D eigenvalue weighted by atomic mass is 9.57. The first-order chi connectivity index (χ1) is 11.4. The SMILES string of the molecule is CC1(C)[C@H](NC(=O)N(Cc2ccccc2)CC(F)F)[C@@H]2CCO[C@@H]21. The predicted molar refractivity (Wildman–Crippen MR) is 86.8 cm³/mol. The van der Waals surface area contributed by atoms with Crippen LogP contribution in [0, 0.1) is 11.3 Å². The molecule has 0 bridgehead atoms. The van der Waals surface area contributed by atoms with E-state index >= 15 is 0 Å². The van der Waals surface area contributed by atoms with Gasteiger partial charge in [-0.3, -0.25) is 0 Å². The lowest BCUT2D eigenvalue weighted by Gasteiger charge is -2.54. The quantitative estimate of drug-likeness (QED) is 0.895. The van der Waals surface area contributed by atoms with Crippen molar-refractivity contribution in [2.24, 2.45) is 11.3 Å². The smallest absolute Gasteiger partial charge is 0.318 e. The van der Waals surface area contributed by atoms with Gasteiger partial charge < -0.3 is 15.0 Å². The Hall–Kier alpha value is -1.69. The number of hydrogen-bond acceptors (Lipinski definition) is 2. The number of benzene rings is 1. The normalized spacial score (nSPS) is 27.5. The van der Waals surface area contributed by atoms with Gasteiger partial charge in [-0.1, -0.05) is 44.2 Å². The van der Waals surface area contributed by atoms with Crippen LogP contribution >= 0.6 is 0 Å². The van der Waals surface area contributed by atoms with Gasteiger partial charge in [0.15, 0.2) is 0 Å². The molecular formula is C18H24F2N2O2. The molecule has 3 rings (SSSR count). The molecule has 0 aromatic heterocycles. The minimum atomic E-state index is -2.56. The van der Waals surface area contributed by atoms with Crippen molar-refractivity contribution in [1.29, 1.82) is 0 Å². The Kier molecular flexibility index (Phi) is 4.76. The highest BCUT2D eigenvalue weighted by molar-refractivity contribution is 5.75. The number of nitrogens with zero attached hydrogens (tertiary/aromatic N) is 1. The number of carbonyl (C=O) groups excluding carboxylic acids is 1. The standard InChI is InChI=1S/C18H24F2N2O2/c1-18(2)15(13-8-9-24-16(13)18)21-17(23)22(11-14(19)20)10-12-6-4-3-5-7-12/h3-7,13-16H,8-11H2,1-2H3,(H,21,23)/t13-,15+,16-/m0/s1. The van der Waals surface area contributed by atoms with Crippen LogP contribution in [0.25, 0.3) is 0 Å². The molecule has 1 aliphatic carbocycles. The van der Waals surface area contributed by atoms with Gasteiger partial charge in [0, 0.05) is 30.5 Å². The second kappa shape index (κ2) is 6.67. The number of rotatable bonds is 5. The zero-order valence-corrected chi connectivity index (χ0v) is 14.0. The summed E-state index contributed by atoms with van der Waals surface area (Å²) >= 11 is 0. The topological polar surface area (TPSA) is 41.6 Å². The third-order valence-corrected chi connectivity index (χ3v) is 5.24. The molecular weight excluding hydrogens is 314 g/mol. The largest absolute Gasteiger partial charge is 0.377 e. The van der Waals surface area contributed by atoms with Crippen LogP contribution in [0.4, 0.5) is 13.6 Å². The number of halogens is 2. The molecule has 1 heterocycles. The van der Waals surface area contributed by atoms with Gasteiger partial charge in [-0.2, -0.15) is 0 Å². The van der Waals surface area contributed by atoms with Crippen LogP contribution in [-0.4, -0.2) is 42.7 Å². The summed E-state index contributed by atoms with van der Waals surface area (Å²) in [4.78, 5) is 13.8. The molecule has 24 heavy (non-hydrogen) atoms. The molecule has 1 aromatic carbocycles. The molecule has 2 fully saturated rings. The lowest BCUT2D eigenvalue weighted by molar-refractivity contribution is -0.109. The molecule has 0 spiro atoms. The second-order valence-corrected chi connectivity index (χ2v) is 7.25. The number of ether oxygens (including phenoxy) is 1. The van der Waals surface area contributed by atoms with E-state index in [1.54, 1.807) is 0 Å². The monoisotopic (exact) mass is 338 g/mol. The van der Waals surface area contributed by atoms with Gasteiger partial charge in [0.1, 0.15) is 0 Å². The number of hydrogen-bond donors (Lipinski definition) is 1. The van der Waals surface area contributed by atoms with Crippen LogP contribution in [0.5, 0.6) is 0 Å². The fourth-order valence-corrected chi connectivity index (χ4v) is 4.03. The third-order valence-electron chi connectivity index (χ3n) is 5.24. The van der Waals surface area contributed by atoms with Crippen molar-refractivity contribution in [3.8, 4) is 0 Å². The fraction of sp³-hybridized carbons (Fsp3) is 0.611. The van der Waals surface area contributed by atoms with Gasteiger partial charge in [-0.15, -0.1) is 0 Å². The van der Waals surface area contributed by atoms with Gasteiger partial charge >= 0.3 is 6.03 Å². The lowest BCUT2D eigenvalue weighted by Crippen LogP contribution is -2.68. The van der Waals surface area contributed by atoms with E-state index in [2.05, 4.69) is 19.2 Å². The Bertz CT molecular complexity index is 580. The van der Waals surface area contributed by atoms with Crippen LogP contribution < -0.4 is 5.32 Å². The molecule has 2 amide bonds. The van der Waals surface area contributed by atoms with E-state index in [1.165, 1.54) is 4.90 Å². The zero-order chi connectivity index (χ0) is 17.3. The summed E-state index contributed by atoms with van der Waals surface area (Å²) in [5.41, 5.74) is 0.670. The van der Waals surface area contributed by atoms with Gasteiger partial charge in [0.05, 0.1) is 12.6 Å². The Balaban J connectivity index is 1.67. The Morgan fingerprint density at radius 3 is 2.75 bits per heavy atom. The van der Waals surface area contributed by atoms with Gasteiger partial charge in [0.25, 0.3) is 6.43 Å². The van der Waals surface area contributed by atoms with Crippen LogP contribution in [-0.2, 0) is 11.3 Å². The van der Waals surface area contributed by atoms with Gasteiger partial charge in [-0.25, -0.2) is 13.6 Å². The van der Waals surface area contributed by atoms with Crippen LogP contribution in [0.3, 0.4) is 0 Å². The number of fused-ring (bicyclic) bond motifs is 1. The molecule has 1 saturated heterocycles. The van der Waals surface area contributed by atoms with Crippen LogP contribution in [0.1, 0.15) is 25.8 Å². The molecule has 132 valence electrons. The molecule has 0 unspecified atom stereocenters. The maximum atomic E-state index is 12.9. The Morgan fingerprint density at radius 2 is 2.08 bits per heavy atom. The van der Waals surface area contributed by atoms with E-state index in [9.17, 15) is 13.6 Å². The Labute approximate surface area is 141 Å². The zero-order valence-electron chi connectivity index (χ0n) is 14.0. The Morgan fingerprint density at radius 1 is 1.38 bits per heavy atom. The summed E-state index contributed by atoms with van der Waals surface area (Å²) in [5.74, 6) is 0.286. The van der Waals surface area contributed by atoms with E-state index in [0.29, 0.717) is 6.61 Å². The number of amides is 2. The molecule has 3 atom stereocenters. The highest BCUT2D eigenvalue weighted by Gasteiger charge is 2.60. The molecule has 0 radical (unpaired) electrons. The van der Waals surface area contributed by atoms with Crippen molar-refractivity contribution in [2.45, 2.75) is 45.4 Å². The number of carbonyl (C=O) groups is 1. The first kappa shape index (κ1) is 17.1. The summed E-state index contributed by atoms with van der Waals surface area (Å²) < 4.78 is 31.5. The molecule has 1 N–H and O–H groups in total. The molecule has 1 saturated carbocycles. The van der Waals surface area contributed by atoms with Gasteiger partial charge in [0.2, 0.25) is 0 Å². The summed E-state index contributed by atoms with van der Waals surface area (Å²) in [7, 11) is 0. The van der Waals surface area contributed by atoms with Crippen molar-refractivity contribution in [3.05, 3.63) is 35.9 Å². The van der Waals surface area contributed by atoms with Crippen molar-refractivity contribution in [1.82, 2.24) is 10.2 Å². The summed E-state index contributed by atoms with van der Waals surface area (Å²) in [6, 6.07) is 8.74. The second-order valence-electron chi connectivity index (χ2n) is 7.25. The van der Waals surface area contributed by atoms with Crippen molar-refractivity contribution in [3.63, 3.8) is 0 Å². The fourth-order valence-electron chi connectivity index (χ4n) is 4.03. The van der Waals surface area contributed by atoms with Gasteiger partial charge in [-0.05, 0) is 12.0 Å². The van der Waals surface area contributed by atoms with E-state index in [-0.39, 0.29) is 30.0 Å². The number of urea groups is 1. The maximum absolute atomic E-state index is 12.9. The molecule has 6 heteroatoms. The average Bonchev–Trinajstić information content (AvgIpc) is 2.99. The summed E-state index contributed by atoms with van der Waals surface area (Å²) in [5, 5.41) is 2.98. The van der Waals surface area contributed by atoms with E-state index in [0.717, 1.165) is 12.0 Å². The highest BCUT2D eigenvalue weighted by atomic mass is 19.3. The van der Waals surface area contributed by atoms with E-state index in [4.69, 9.17) is 4.74 Å². The van der Waals surface area contributed by atoms with Crippen molar-refractivity contribution in [2.75, 3.05) is 13.2 Å². The van der Waals surface area contributed by atoms with Crippen LogP contribution in [0.15, 0.2) is 30.3 Å². The molecule has 4 nitrogen and oxygen atoms in total. The van der Waals surface area contributed by atoms with Crippen LogP contribution in [0.2, 0.25) is 0 Å². The summed E-state index contributed by atoms with van der Waals surface area (Å²) in [6.45, 7) is 4.42. The van der Waals surface area contributed by atoms with Crippen molar-refractivity contribution < 1.29 is 18.3 Å². The maximum Gasteiger partial charge on any atom is 0.318 e. The first-order valence-electron chi connectivity index (χ1n) is 8.38. The minimum Gasteiger partial charge on any atom is -0.377 e. The summed E-state index contributed by atoms with van der Waals surface area (Å²) in [6.07, 6.45) is -1.50. The number of alkyl halides is 2. The van der Waals surface area contributed by atoms with E-state index in [1.807, 2.05) is 30.3 Å². The minimum absolute atomic E-state index is 0.0338. The first-order valence-corrected chi connectivity index (χ1v) is 8.38. The van der Waals surface area contributed by atoms with E-state index < -0.39 is 19.0 Å². The molecule has 2 aliphatic rings. The predicted octanol–water partition coefficient (Wildman–Crippen LogP) is 3.28. The molecule has 1 aromatic rings. The highest BCUT2D eigenvalue weighted by Crippen LogP contribution is 2.52. The number of nitrogens with one attached hydrogen (secondary N) is 1.